The Hall–Kier alpha value is -3.66. The molecule has 0 fully saturated rings. The van der Waals surface area contributed by atoms with Crippen molar-refractivity contribution in [2.75, 3.05) is 31.6 Å². The number of nitrogens with zero attached hydrogens (tertiary/aromatic N) is 5. The van der Waals surface area contributed by atoms with Gasteiger partial charge in [-0.05, 0) is 25.1 Å². The molecule has 0 radical (unpaired) electrons. The number of nitrogens with one attached hydrogen (secondary N) is 1. The second-order valence-corrected chi connectivity index (χ2v) is 6.30. The molecule has 142 valence electrons. The highest BCUT2D eigenvalue weighted by molar-refractivity contribution is 6.00. The molecule has 3 aromatic rings. The van der Waals surface area contributed by atoms with Crippen LogP contribution in [0.1, 0.15) is 22.8 Å². The Labute approximate surface area is 164 Å². The SMILES string of the molecule is CCN(CCN(C)c1cc(C#N)ccn1)C(=O)c1ccccc1-c1ncc[nH]1. The number of carbonyl (C=O) groups is 1. The van der Waals surface area contributed by atoms with E-state index in [0.29, 0.717) is 42.4 Å². The number of anilines is 1. The van der Waals surface area contributed by atoms with Gasteiger partial charge in [-0.15, -0.1) is 0 Å². The summed E-state index contributed by atoms with van der Waals surface area (Å²) < 4.78 is 0. The first-order chi connectivity index (χ1) is 13.6. The molecule has 0 spiro atoms. The lowest BCUT2D eigenvalue weighted by Crippen LogP contribution is -2.38. The summed E-state index contributed by atoms with van der Waals surface area (Å²) in [7, 11) is 1.90. The number of H-pyrrole nitrogens is 1. The zero-order valence-corrected chi connectivity index (χ0v) is 16.0. The van der Waals surface area contributed by atoms with E-state index in [0.717, 1.165) is 5.56 Å². The van der Waals surface area contributed by atoms with Gasteiger partial charge in [0, 0.05) is 50.8 Å². The van der Waals surface area contributed by atoms with Crippen LogP contribution in [0.4, 0.5) is 5.82 Å². The van der Waals surface area contributed by atoms with Crippen LogP contribution in [-0.2, 0) is 0 Å². The number of hydrogen-bond acceptors (Lipinski definition) is 5. The average Bonchev–Trinajstić information content (AvgIpc) is 3.28. The van der Waals surface area contributed by atoms with E-state index in [9.17, 15) is 4.79 Å². The van der Waals surface area contributed by atoms with Gasteiger partial charge in [0.15, 0.2) is 0 Å². The first kappa shape index (κ1) is 19.1. The molecule has 0 bridgehead atoms. The lowest BCUT2D eigenvalue weighted by atomic mass is 10.1. The van der Waals surface area contributed by atoms with Crippen molar-refractivity contribution in [3.8, 4) is 17.5 Å². The van der Waals surface area contributed by atoms with Gasteiger partial charge in [-0.2, -0.15) is 5.26 Å². The highest BCUT2D eigenvalue weighted by atomic mass is 16.2. The molecule has 0 atom stereocenters. The molecular weight excluding hydrogens is 352 g/mol. The largest absolute Gasteiger partial charge is 0.358 e. The van der Waals surface area contributed by atoms with Crippen LogP contribution in [0.25, 0.3) is 11.4 Å². The molecule has 0 aliphatic rings. The number of carbonyl (C=O) groups excluding carboxylic acids is 1. The molecule has 0 aliphatic heterocycles. The van der Waals surface area contributed by atoms with Crippen LogP contribution in [0, 0.1) is 11.3 Å². The summed E-state index contributed by atoms with van der Waals surface area (Å²) in [5, 5.41) is 9.05. The fraction of sp³-hybridized carbons (Fsp3) is 0.238. The maximum absolute atomic E-state index is 13.1. The van der Waals surface area contributed by atoms with Crippen LogP contribution in [-0.4, -0.2) is 52.4 Å². The van der Waals surface area contributed by atoms with Crippen molar-refractivity contribution in [1.82, 2.24) is 19.9 Å². The highest BCUT2D eigenvalue weighted by Crippen LogP contribution is 2.21. The Balaban J connectivity index is 1.74. The van der Waals surface area contributed by atoms with Crippen molar-refractivity contribution < 1.29 is 4.79 Å². The Bertz CT molecular complexity index is 977. The van der Waals surface area contributed by atoms with Gasteiger partial charge in [0.1, 0.15) is 11.6 Å². The number of nitriles is 1. The first-order valence-corrected chi connectivity index (χ1v) is 9.09. The van der Waals surface area contributed by atoms with Crippen LogP contribution in [0.15, 0.2) is 55.0 Å². The summed E-state index contributed by atoms with van der Waals surface area (Å²) in [6.07, 6.45) is 5.03. The van der Waals surface area contributed by atoms with E-state index in [-0.39, 0.29) is 5.91 Å². The molecule has 28 heavy (non-hydrogen) atoms. The fourth-order valence-corrected chi connectivity index (χ4v) is 2.94. The van der Waals surface area contributed by atoms with Gasteiger partial charge in [-0.25, -0.2) is 9.97 Å². The Morgan fingerprint density at radius 1 is 1.18 bits per heavy atom. The number of pyridine rings is 1. The van der Waals surface area contributed by atoms with Gasteiger partial charge < -0.3 is 14.8 Å². The van der Waals surface area contributed by atoms with Crippen LogP contribution < -0.4 is 4.90 Å². The first-order valence-electron chi connectivity index (χ1n) is 9.09. The minimum absolute atomic E-state index is 0.0402. The molecule has 0 saturated carbocycles. The predicted molar refractivity (Wildman–Crippen MR) is 108 cm³/mol. The second-order valence-electron chi connectivity index (χ2n) is 6.30. The average molecular weight is 374 g/mol. The molecule has 1 N–H and O–H groups in total. The van der Waals surface area contributed by atoms with Crippen molar-refractivity contribution >= 4 is 11.7 Å². The monoisotopic (exact) mass is 374 g/mol. The van der Waals surface area contributed by atoms with E-state index in [1.54, 1.807) is 35.6 Å². The van der Waals surface area contributed by atoms with E-state index in [2.05, 4.69) is 21.0 Å². The zero-order valence-electron chi connectivity index (χ0n) is 16.0. The third kappa shape index (κ3) is 4.18. The molecule has 0 saturated heterocycles. The minimum Gasteiger partial charge on any atom is -0.358 e. The number of aromatic amines is 1. The fourth-order valence-electron chi connectivity index (χ4n) is 2.94. The van der Waals surface area contributed by atoms with E-state index in [1.807, 2.05) is 43.1 Å². The Kier molecular flexibility index (Phi) is 6.02. The highest BCUT2D eigenvalue weighted by Gasteiger charge is 2.19. The molecule has 1 aromatic carbocycles. The van der Waals surface area contributed by atoms with Crippen molar-refractivity contribution in [3.05, 3.63) is 66.1 Å². The summed E-state index contributed by atoms with van der Waals surface area (Å²) in [4.78, 5) is 28.5. The second kappa shape index (κ2) is 8.82. The topological polar surface area (TPSA) is 88.9 Å². The van der Waals surface area contributed by atoms with Gasteiger partial charge in [0.2, 0.25) is 0 Å². The Morgan fingerprint density at radius 3 is 2.71 bits per heavy atom. The molecule has 1 amide bonds. The quantitative estimate of drug-likeness (QED) is 0.687. The molecule has 7 heteroatoms. The van der Waals surface area contributed by atoms with Gasteiger partial charge in [-0.3, -0.25) is 4.79 Å². The van der Waals surface area contributed by atoms with E-state index < -0.39 is 0 Å². The lowest BCUT2D eigenvalue weighted by Gasteiger charge is -2.26. The van der Waals surface area contributed by atoms with Crippen molar-refractivity contribution in [2.24, 2.45) is 0 Å². The molecule has 0 unspecified atom stereocenters. The summed E-state index contributed by atoms with van der Waals surface area (Å²) in [5.41, 5.74) is 1.96. The molecule has 0 aliphatic carbocycles. The van der Waals surface area contributed by atoms with Gasteiger partial charge >= 0.3 is 0 Å². The molecule has 2 aromatic heterocycles. The van der Waals surface area contributed by atoms with Gasteiger partial charge in [-0.1, -0.05) is 18.2 Å². The van der Waals surface area contributed by atoms with Crippen molar-refractivity contribution in [2.45, 2.75) is 6.92 Å². The number of aromatic nitrogens is 3. The number of hydrogen-bond donors (Lipinski definition) is 1. The van der Waals surface area contributed by atoms with E-state index in [4.69, 9.17) is 5.26 Å². The molecular formula is C21H22N6O. The summed E-state index contributed by atoms with van der Waals surface area (Å²) in [6, 6.07) is 13.0. The molecule has 7 nitrogen and oxygen atoms in total. The third-order valence-electron chi connectivity index (χ3n) is 4.55. The summed E-state index contributed by atoms with van der Waals surface area (Å²) in [6.45, 7) is 3.69. The summed E-state index contributed by atoms with van der Waals surface area (Å²) >= 11 is 0. The third-order valence-corrected chi connectivity index (χ3v) is 4.55. The number of rotatable bonds is 7. The van der Waals surface area contributed by atoms with Gasteiger partial charge in [0.05, 0.1) is 17.2 Å². The number of amides is 1. The van der Waals surface area contributed by atoms with E-state index >= 15 is 0 Å². The van der Waals surface area contributed by atoms with Crippen LogP contribution >= 0.6 is 0 Å². The van der Waals surface area contributed by atoms with Crippen molar-refractivity contribution in [1.29, 1.82) is 5.26 Å². The standard InChI is InChI=1S/C21H22N6O/c1-3-27(13-12-26(2)19-14-16(15-22)8-9-23-19)21(28)18-7-5-4-6-17(18)20-24-10-11-25-20/h4-11,14H,3,12-13H2,1-2H3,(H,24,25). The summed E-state index contributed by atoms with van der Waals surface area (Å²) in [5.74, 6) is 1.34. The van der Waals surface area contributed by atoms with Crippen LogP contribution in [0.3, 0.4) is 0 Å². The lowest BCUT2D eigenvalue weighted by molar-refractivity contribution is 0.0769. The van der Waals surface area contributed by atoms with Crippen LogP contribution in [0.5, 0.6) is 0 Å². The Morgan fingerprint density at radius 2 is 2.00 bits per heavy atom. The molecule has 2 heterocycles. The number of benzene rings is 1. The minimum atomic E-state index is -0.0402. The smallest absolute Gasteiger partial charge is 0.254 e. The number of imidazole rings is 1. The number of likely N-dealkylation sites (N-methyl/N-ethyl adjacent to an activating group) is 2. The zero-order chi connectivity index (χ0) is 19.9. The maximum Gasteiger partial charge on any atom is 0.254 e. The van der Waals surface area contributed by atoms with E-state index in [1.165, 1.54) is 0 Å². The van der Waals surface area contributed by atoms with Gasteiger partial charge in [0.25, 0.3) is 5.91 Å². The molecule has 3 rings (SSSR count). The predicted octanol–water partition coefficient (Wildman–Crippen LogP) is 2.94. The normalized spacial score (nSPS) is 10.3. The van der Waals surface area contributed by atoms with Crippen molar-refractivity contribution in [3.63, 3.8) is 0 Å². The van der Waals surface area contributed by atoms with Crippen LogP contribution in [0.2, 0.25) is 0 Å². The maximum atomic E-state index is 13.1.